The van der Waals surface area contributed by atoms with Gasteiger partial charge in [0, 0.05) is 12.3 Å². The van der Waals surface area contributed by atoms with Gasteiger partial charge in [-0.1, -0.05) is 0 Å². The van der Waals surface area contributed by atoms with Crippen molar-refractivity contribution in [3.63, 3.8) is 0 Å². The Morgan fingerprint density at radius 1 is 1.67 bits per heavy atom. The summed E-state index contributed by atoms with van der Waals surface area (Å²) in [6, 6.07) is 4.99. The number of H-pyrrole nitrogens is 1. The van der Waals surface area contributed by atoms with Crippen LogP contribution in [0.15, 0.2) is 12.5 Å². The summed E-state index contributed by atoms with van der Waals surface area (Å²) >= 11 is 0. The van der Waals surface area contributed by atoms with Gasteiger partial charge in [0.05, 0.1) is 17.9 Å². The van der Waals surface area contributed by atoms with Crippen LogP contribution in [0.2, 0.25) is 0 Å². The Bertz CT molecular complexity index is 499. The first-order chi connectivity index (χ1) is 7.31. The summed E-state index contributed by atoms with van der Waals surface area (Å²) in [7, 11) is 0. The van der Waals surface area contributed by atoms with Gasteiger partial charge in [-0.3, -0.25) is 0 Å². The molecule has 0 saturated carbocycles. The van der Waals surface area contributed by atoms with Crippen LogP contribution >= 0.6 is 0 Å². The Morgan fingerprint density at radius 2 is 2.53 bits per heavy atom. The molecule has 5 nitrogen and oxygen atoms in total. The summed E-state index contributed by atoms with van der Waals surface area (Å²) in [5.41, 5.74) is 0.684. The zero-order chi connectivity index (χ0) is 10.7. The SMILES string of the molecule is CC(CC#N)Oc1ncnc2[nH]c[c]c12. The van der Waals surface area contributed by atoms with E-state index in [1.807, 2.05) is 13.0 Å². The smallest absolute Gasteiger partial charge is 0.227 e. The first-order valence-electron chi connectivity index (χ1n) is 4.54. The van der Waals surface area contributed by atoms with Crippen LogP contribution < -0.4 is 4.74 Å². The van der Waals surface area contributed by atoms with Crippen LogP contribution in [0.1, 0.15) is 13.3 Å². The predicted octanol–water partition coefficient (Wildman–Crippen LogP) is 1.44. The largest absolute Gasteiger partial charge is 0.473 e. The van der Waals surface area contributed by atoms with Gasteiger partial charge < -0.3 is 9.72 Å². The molecule has 0 amide bonds. The van der Waals surface area contributed by atoms with Gasteiger partial charge in [0.15, 0.2) is 0 Å². The van der Waals surface area contributed by atoms with E-state index in [2.05, 4.69) is 21.0 Å². The van der Waals surface area contributed by atoms with Gasteiger partial charge in [0.1, 0.15) is 18.1 Å². The lowest BCUT2D eigenvalue weighted by Crippen LogP contribution is -2.11. The van der Waals surface area contributed by atoms with E-state index in [-0.39, 0.29) is 6.10 Å². The van der Waals surface area contributed by atoms with Gasteiger partial charge in [-0.2, -0.15) is 5.26 Å². The van der Waals surface area contributed by atoms with Crippen molar-refractivity contribution < 1.29 is 4.74 Å². The van der Waals surface area contributed by atoms with Gasteiger partial charge in [-0.05, 0) is 6.92 Å². The molecule has 0 aliphatic rings. The van der Waals surface area contributed by atoms with Crippen molar-refractivity contribution in [1.29, 1.82) is 5.26 Å². The van der Waals surface area contributed by atoms with Crippen LogP contribution in [0.4, 0.5) is 0 Å². The molecule has 1 atom stereocenters. The average molecular weight is 201 g/mol. The van der Waals surface area contributed by atoms with Crippen LogP contribution in [0.3, 0.4) is 0 Å². The van der Waals surface area contributed by atoms with E-state index in [1.165, 1.54) is 6.33 Å². The van der Waals surface area contributed by atoms with E-state index in [0.717, 1.165) is 0 Å². The maximum atomic E-state index is 8.51. The summed E-state index contributed by atoms with van der Waals surface area (Å²) in [6.45, 7) is 1.82. The molecule has 0 saturated heterocycles. The van der Waals surface area contributed by atoms with Crippen LogP contribution in [-0.4, -0.2) is 21.1 Å². The molecular formula is C10H9N4O. The number of nitriles is 1. The first-order valence-corrected chi connectivity index (χ1v) is 4.54. The molecule has 2 heterocycles. The van der Waals surface area contributed by atoms with Gasteiger partial charge in [0.2, 0.25) is 5.88 Å². The second-order valence-electron chi connectivity index (χ2n) is 3.13. The van der Waals surface area contributed by atoms with E-state index in [9.17, 15) is 0 Å². The number of ether oxygens (including phenoxy) is 1. The highest BCUT2D eigenvalue weighted by Crippen LogP contribution is 2.20. The zero-order valence-corrected chi connectivity index (χ0v) is 8.19. The molecule has 2 aromatic heterocycles. The Labute approximate surface area is 86.7 Å². The minimum Gasteiger partial charge on any atom is -0.473 e. The molecule has 5 heteroatoms. The van der Waals surface area contributed by atoms with Crippen LogP contribution in [0.5, 0.6) is 5.88 Å². The normalized spacial score (nSPS) is 12.3. The second kappa shape index (κ2) is 3.96. The number of rotatable bonds is 3. The van der Waals surface area contributed by atoms with Crippen molar-refractivity contribution in [1.82, 2.24) is 15.0 Å². The molecule has 1 N–H and O–H groups in total. The minimum atomic E-state index is -0.184. The number of fused-ring (bicyclic) bond motifs is 1. The highest BCUT2D eigenvalue weighted by molar-refractivity contribution is 5.79. The van der Waals surface area contributed by atoms with E-state index in [4.69, 9.17) is 10.00 Å². The lowest BCUT2D eigenvalue weighted by Gasteiger charge is -2.10. The fourth-order valence-electron chi connectivity index (χ4n) is 1.24. The van der Waals surface area contributed by atoms with Crippen molar-refractivity contribution in [2.45, 2.75) is 19.4 Å². The van der Waals surface area contributed by atoms with Crippen molar-refractivity contribution in [3.8, 4) is 11.9 Å². The summed E-state index contributed by atoms with van der Waals surface area (Å²) < 4.78 is 5.50. The van der Waals surface area contributed by atoms with E-state index in [0.29, 0.717) is 23.3 Å². The number of hydrogen-bond acceptors (Lipinski definition) is 4. The molecule has 1 radical (unpaired) electrons. The molecule has 0 spiro atoms. The Morgan fingerprint density at radius 3 is 3.33 bits per heavy atom. The Hall–Kier alpha value is -2.09. The molecule has 75 valence electrons. The summed E-state index contributed by atoms with van der Waals surface area (Å²) in [4.78, 5) is 10.9. The van der Waals surface area contributed by atoms with Gasteiger partial charge in [0.25, 0.3) is 0 Å². The van der Waals surface area contributed by atoms with E-state index < -0.39 is 0 Å². The minimum absolute atomic E-state index is 0.184. The van der Waals surface area contributed by atoms with Gasteiger partial charge in [-0.15, -0.1) is 0 Å². The Kier molecular flexibility index (Phi) is 2.50. The molecule has 0 fully saturated rings. The van der Waals surface area contributed by atoms with E-state index >= 15 is 0 Å². The molecule has 0 aliphatic heterocycles. The zero-order valence-electron chi connectivity index (χ0n) is 8.19. The summed E-state index contributed by atoms with van der Waals surface area (Å²) in [6.07, 6.45) is 3.22. The fraction of sp³-hybridized carbons (Fsp3) is 0.300. The van der Waals surface area contributed by atoms with Crippen molar-refractivity contribution >= 4 is 11.0 Å². The van der Waals surface area contributed by atoms with Gasteiger partial charge in [-0.25, -0.2) is 9.97 Å². The molecular weight excluding hydrogens is 192 g/mol. The van der Waals surface area contributed by atoms with Crippen molar-refractivity contribution in [2.24, 2.45) is 0 Å². The second-order valence-corrected chi connectivity index (χ2v) is 3.13. The first kappa shape index (κ1) is 9.46. The average Bonchev–Trinajstić information content (AvgIpc) is 2.67. The monoisotopic (exact) mass is 201 g/mol. The molecule has 0 bridgehead atoms. The number of nitrogens with one attached hydrogen (secondary N) is 1. The van der Waals surface area contributed by atoms with E-state index in [1.54, 1.807) is 6.20 Å². The third-order valence-electron chi connectivity index (χ3n) is 1.93. The lowest BCUT2D eigenvalue weighted by molar-refractivity contribution is 0.221. The van der Waals surface area contributed by atoms with Gasteiger partial charge >= 0.3 is 0 Å². The van der Waals surface area contributed by atoms with Crippen molar-refractivity contribution in [2.75, 3.05) is 0 Å². The molecule has 0 aromatic carbocycles. The number of hydrogen-bond donors (Lipinski definition) is 1. The van der Waals surface area contributed by atoms with Crippen LogP contribution in [0.25, 0.3) is 11.0 Å². The maximum absolute atomic E-state index is 8.51. The summed E-state index contributed by atoms with van der Waals surface area (Å²) in [5.74, 6) is 0.462. The number of aromatic amines is 1. The molecule has 15 heavy (non-hydrogen) atoms. The fourth-order valence-corrected chi connectivity index (χ4v) is 1.24. The number of aromatic nitrogens is 3. The van der Waals surface area contributed by atoms with Crippen LogP contribution in [0, 0.1) is 17.4 Å². The highest BCUT2D eigenvalue weighted by Gasteiger charge is 2.09. The maximum Gasteiger partial charge on any atom is 0.227 e. The summed E-state index contributed by atoms with van der Waals surface area (Å²) in [5, 5.41) is 9.22. The van der Waals surface area contributed by atoms with Crippen molar-refractivity contribution in [3.05, 3.63) is 18.6 Å². The lowest BCUT2D eigenvalue weighted by atomic mass is 10.3. The molecule has 0 aliphatic carbocycles. The standard InChI is InChI=1S/C10H9N4O/c1-7(2-4-11)15-10-8-3-5-12-9(8)13-6-14-10/h5-7H,2H2,1H3,(H,12,13,14). The molecule has 2 rings (SSSR count). The number of nitrogens with zero attached hydrogens (tertiary/aromatic N) is 3. The Balaban J connectivity index is 2.28. The highest BCUT2D eigenvalue weighted by atomic mass is 16.5. The third-order valence-corrected chi connectivity index (χ3v) is 1.93. The third kappa shape index (κ3) is 1.89. The molecule has 1 unspecified atom stereocenters. The predicted molar refractivity (Wildman–Crippen MR) is 53.0 cm³/mol. The molecule has 2 aromatic rings. The quantitative estimate of drug-likeness (QED) is 0.815. The van der Waals surface area contributed by atoms with Crippen LogP contribution in [-0.2, 0) is 0 Å². The topological polar surface area (TPSA) is 74.6 Å².